The van der Waals surface area contributed by atoms with Crippen LogP contribution in [0.4, 0.5) is 13.2 Å². The molecule has 2 nitrogen and oxygen atoms in total. The highest BCUT2D eigenvalue weighted by molar-refractivity contribution is 5.41. The van der Waals surface area contributed by atoms with E-state index in [0.29, 0.717) is 0 Å². The molecule has 1 aliphatic rings. The molecule has 0 amide bonds. The molecule has 0 radical (unpaired) electrons. The van der Waals surface area contributed by atoms with Crippen LogP contribution in [0, 0.1) is 0 Å². The van der Waals surface area contributed by atoms with Gasteiger partial charge in [-0.25, -0.2) is 0 Å². The number of fused-ring (bicyclic) bond motifs is 1. The summed E-state index contributed by atoms with van der Waals surface area (Å²) in [6.07, 6.45) is -4.07. The molecule has 2 rings (SSSR count). The first-order valence-corrected chi connectivity index (χ1v) is 5.62. The Labute approximate surface area is 98.0 Å². The first-order chi connectivity index (χ1) is 8.01. The molecule has 0 saturated carbocycles. The summed E-state index contributed by atoms with van der Waals surface area (Å²) in [5, 5.41) is 0. The summed E-state index contributed by atoms with van der Waals surface area (Å²) in [6, 6.07) is 7.51. The predicted molar refractivity (Wildman–Crippen MR) is 59.3 cm³/mol. The molecule has 0 saturated heterocycles. The minimum Gasteiger partial charge on any atom is -0.271 e. The summed E-state index contributed by atoms with van der Waals surface area (Å²) in [5.74, 6) is 5.46. The highest BCUT2D eigenvalue weighted by Crippen LogP contribution is 2.39. The number of hydrazine groups is 1. The minimum atomic E-state index is -4.11. The SMILES string of the molecule is NNC(CCC(F)(F)F)C1Cc2ccccc21. The van der Waals surface area contributed by atoms with Gasteiger partial charge >= 0.3 is 6.18 Å². The van der Waals surface area contributed by atoms with Gasteiger partial charge in [0.15, 0.2) is 0 Å². The van der Waals surface area contributed by atoms with E-state index in [4.69, 9.17) is 5.84 Å². The number of nitrogens with two attached hydrogens (primary N) is 1. The smallest absolute Gasteiger partial charge is 0.271 e. The number of alkyl halides is 3. The van der Waals surface area contributed by atoms with Gasteiger partial charge in [-0.2, -0.15) is 13.2 Å². The Morgan fingerprint density at radius 2 is 2.06 bits per heavy atom. The summed E-state index contributed by atoms with van der Waals surface area (Å²) in [4.78, 5) is 0. The second kappa shape index (κ2) is 4.66. The average molecular weight is 244 g/mol. The van der Waals surface area contributed by atoms with Gasteiger partial charge in [0, 0.05) is 18.4 Å². The fourth-order valence-corrected chi connectivity index (χ4v) is 2.38. The highest BCUT2D eigenvalue weighted by atomic mass is 19.4. The van der Waals surface area contributed by atoms with Crippen LogP contribution in [0.2, 0.25) is 0 Å². The first-order valence-electron chi connectivity index (χ1n) is 5.62. The standard InChI is InChI=1S/C12H15F3N2/c13-12(14,15)6-5-11(17-16)10-7-8-3-1-2-4-9(8)10/h1-4,10-11,17H,5-7,16H2. The van der Waals surface area contributed by atoms with Crippen molar-refractivity contribution in [2.45, 2.75) is 37.4 Å². The molecule has 0 heterocycles. The van der Waals surface area contributed by atoms with Crippen LogP contribution in [0.5, 0.6) is 0 Å². The van der Waals surface area contributed by atoms with Crippen LogP contribution < -0.4 is 11.3 Å². The summed E-state index contributed by atoms with van der Waals surface area (Å²) in [5.41, 5.74) is 4.85. The van der Waals surface area contributed by atoms with Crippen LogP contribution in [0.1, 0.15) is 29.9 Å². The lowest BCUT2D eigenvalue weighted by Gasteiger charge is -2.36. The van der Waals surface area contributed by atoms with Crippen molar-refractivity contribution in [3.63, 3.8) is 0 Å². The number of nitrogens with one attached hydrogen (secondary N) is 1. The monoisotopic (exact) mass is 244 g/mol. The minimum absolute atomic E-state index is 0.0268. The normalized spacial score (nSPS) is 20.6. The fourth-order valence-electron chi connectivity index (χ4n) is 2.38. The number of benzene rings is 1. The van der Waals surface area contributed by atoms with Gasteiger partial charge in [0.2, 0.25) is 0 Å². The second-order valence-electron chi connectivity index (χ2n) is 4.44. The third-order valence-electron chi connectivity index (χ3n) is 3.33. The zero-order chi connectivity index (χ0) is 12.5. The maximum absolute atomic E-state index is 12.2. The van der Waals surface area contributed by atoms with Gasteiger partial charge in [-0.15, -0.1) is 0 Å². The van der Waals surface area contributed by atoms with Gasteiger partial charge in [-0.1, -0.05) is 24.3 Å². The van der Waals surface area contributed by atoms with Gasteiger partial charge in [-0.3, -0.25) is 11.3 Å². The van der Waals surface area contributed by atoms with Crippen molar-refractivity contribution >= 4 is 0 Å². The molecule has 2 atom stereocenters. The molecule has 1 aromatic rings. The topological polar surface area (TPSA) is 38.0 Å². The van der Waals surface area contributed by atoms with E-state index >= 15 is 0 Å². The van der Waals surface area contributed by atoms with E-state index in [1.807, 2.05) is 24.3 Å². The molecule has 0 spiro atoms. The molecule has 0 aromatic heterocycles. The molecule has 3 N–H and O–H groups in total. The van der Waals surface area contributed by atoms with Crippen molar-refractivity contribution in [3.8, 4) is 0 Å². The zero-order valence-electron chi connectivity index (χ0n) is 9.30. The highest BCUT2D eigenvalue weighted by Gasteiger charge is 2.35. The van der Waals surface area contributed by atoms with Crippen LogP contribution in [-0.4, -0.2) is 12.2 Å². The lowest BCUT2D eigenvalue weighted by atomic mass is 9.72. The first kappa shape index (κ1) is 12.4. The number of rotatable bonds is 4. The van der Waals surface area contributed by atoms with Crippen molar-refractivity contribution < 1.29 is 13.2 Å². The maximum atomic E-state index is 12.2. The summed E-state index contributed by atoms with van der Waals surface area (Å²) in [7, 11) is 0. The van der Waals surface area contributed by atoms with Crippen LogP contribution in [-0.2, 0) is 6.42 Å². The van der Waals surface area contributed by atoms with Gasteiger partial charge < -0.3 is 0 Å². The van der Waals surface area contributed by atoms with Gasteiger partial charge in [0.25, 0.3) is 0 Å². The van der Waals surface area contributed by atoms with Crippen molar-refractivity contribution in [1.82, 2.24) is 5.43 Å². The second-order valence-corrected chi connectivity index (χ2v) is 4.44. The Morgan fingerprint density at radius 1 is 1.35 bits per heavy atom. The zero-order valence-corrected chi connectivity index (χ0v) is 9.30. The summed E-state index contributed by atoms with van der Waals surface area (Å²) < 4.78 is 36.5. The molecule has 1 aromatic carbocycles. The van der Waals surface area contributed by atoms with Crippen LogP contribution >= 0.6 is 0 Å². The van der Waals surface area contributed by atoms with Gasteiger partial charge in [0.05, 0.1) is 0 Å². The van der Waals surface area contributed by atoms with E-state index in [-0.39, 0.29) is 18.4 Å². The van der Waals surface area contributed by atoms with E-state index in [2.05, 4.69) is 5.43 Å². The number of hydrogen-bond acceptors (Lipinski definition) is 2. The van der Waals surface area contributed by atoms with Crippen LogP contribution in [0.25, 0.3) is 0 Å². The Hall–Kier alpha value is -1.07. The number of halogens is 3. The van der Waals surface area contributed by atoms with Gasteiger partial charge in [-0.05, 0) is 24.0 Å². The summed E-state index contributed by atoms with van der Waals surface area (Å²) in [6.45, 7) is 0. The third kappa shape index (κ3) is 2.79. The number of hydrogen-bond donors (Lipinski definition) is 2. The molecule has 2 unspecified atom stereocenters. The molecule has 5 heteroatoms. The van der Waals surface area contributed by atoms with E-state index in [1.165, 1.54) is 5.56 Å². The Bertz CT molecular complexity index is 390. The Morgan fingerprint density at radius 3 is 2.65 bits per heavy atom. The van der Waals surface area contributed by atoms with Crippen molar-refractivity contribution in [2.75, 3.05) is 0 Å². The maximum Gasteiger partial charge on any atom is 0.389 e. The van der Waals surface area contributed by atoms with Crippen molar-refractivity contribution in [2.24, 2.45) is 5.84 Å². The molecule has 0 fully saturated rings. The van der Waals surface area contributed by atoms with Crippen LogP contribution in [0.15, 0.2) is 24.3 Å². The predicted octanol–water partition coefficient (Wildman–Crippen LogP) is 2.50. The average Bonchev–Trinajstić information content (AvgIpc) is 2.23. The Balaban J connectivity index is 1.98. The van der Waals surface area contributed by atoms with E-state index < -0.39 is 12.6 Å². The lowest BCUT2D eigenvalue weighted by Crippen LogP contribution is -2.44. The fraction of sp³-hybridized carbons (Fsp3) is 0.500. The molecule has 1 aliphatic carbocycles. The van der Waals surface area contributed by atoms with Crippen LogP contribution in [0.3, 0.4) is 0 Å². The lowest BCUT2D eigenvalue weighted by molar-refractivity contribution is -0.137. The molecule has 0 aliphatic heterocycles. The molecular weight excluding hydrogens is 229 g/mol. The Kier molecular flexibility index (Phi) is 3.40. The van der Waals surface area contributed by atoms with E-state index in [0.717, 1.165) is 12.0 Å². The van der Waals surface area contributed by atoms with Gasteiger partial charge in [0.1, 0.15) is 0 Å². The van der Waals surface area contributed by atoms with E-state index in [9.17, 15) is 13.2 Å². The van der Waals surface area contributed by atoms with Crippen molar-refractivity contribution in [3.05, 3.63) is 35.4 Å². The quantitative estimate of drug-likeness (QED) is 0.631. The molecule has 17 heavy (non-hydrogen) atoms. The molecular formula is C12H15F3N2. The molecule has 0 bridgehead atoms. The van der Waals surface area contributed by atoms with Crippen molar-refractivity contribution in [1.29, 1.82) is 0 Å². The largest absolute Gasteiger partial charge is 0.389 e. The van der Waals surface area contributed by atoms with E-state index in [1.54, 1.807) is 0 Å². The molecule has 94 valence electrons. The third-order valence-corrected chi connectivity index (χ3v) is 3.33. The summed E-state index contributed by atoms with van der Waals surface area (Å²) >= 11 is 0.